The summed E-state index contributed by atoms with van der Waals surface area (Å²) in [4.78, 5) is 16.7. The molecule has 6 heteroatoms. The van der Waals surface area contributed by atoms with Crippen molar-refractivity contribution in [3.05, 3.63) is 29.8 Å². The minimum atomic E-state index is 0.00670. The third-order valence-electron chi connectivity index (χ3n) is 5.25. The largest absolute Gasteiger partial charge is 0.383 e. The van der Waals surface area contributed by atoms with Gasteiger partial charge in [0.25, 0.3) is 0 Å². The van der Waals surface area contributed by atoms with Crippen molar-refractivity contribution in [1.82, 2.24) is 9.80 Å². The zero-order valence-corrected chi connectivity index (χ0v) is 17.1. The first kappa shape index (κ1) is 21.7. The second-order valence-electron chi connectivity index (χ2n) is 7.43. The molecule has 0 bridgehead atoms. The maximum Gasteiger partial charge on any atom is 0.321 e. The van der Waals surface area contributed by atoms with Crippen molar-refractivity contribution in [1.29, 1.82) is 0 Å². The summed E-state index contributed by atoms with van der Waals surface area (Å²) >= 11 is 0. The van der Waals surface area contributed by atoms with Gasteiger partial charge in [-0.15, -0.1) is 0 Å². The summed E-state index contributed by atoms with van der Waals surface area (Å²) in [6, 6.07) is 7.83. The van der Waals surface area contributed by atoms with Crippen LogP contribution in [-0.2, 0) is 16.1 Å². The maximum absolute atomic E-state index is 12.5. The second-order valence-corrected chi connectivity index (χ2v) is 7.43. The lowest BCUT2D eigenvalue weighted by atomic mass is 9.92. The number of hydrogen-bond donors (Lipinski definition) is 1. The van der Waals surface area contributed by atoms with Crippen LogP contribution in [0.1, 0.15) is 31.2 Å². The summed E-state index contributed by atoms with van der Waals surface area (Å²) in [5.74, 6) is 0.734. The van der Waals surface area contributed by atoms with E-state index in [0.29, 0.717) is 6.61 Å². The Morgan fingerprint density at radius 1 is 1.15 bits per heavy atom. The Morgan fingerprint density at radius 3 is 2.48 bits per heavy atom. The SMILES string of the molecule is COCCN(C)CCCC1CCN(C(=O)Nc2ccc(COC)cc2)CC1. The molecule has 1 fully saturated rings. The van der Waals surface area contributed by atoms with Gasteiger partial charge in [-0.2, -0.15) is 0 Å². The highest BCUT2D eigenvalue weighted by Crippen LogP contribution is 2.22. The molecule has 0 aromatic heterocycles. The van der Waals surface area contributed by atoms with Crippen molar-refractivity contribution in [3.8, 4) is 0 Å². The van der Waals surface area contributed by atoms with Crippen LogP contribution in [0.15, 0.2) is 24.3 Å². The Balaban J connectivity index is 1.65. The molecular weight excluding hydrogens is 342 g/mol. The van der Waals surface area contributed by atoms with Gasteiger partial charge < -0.3 is 24.6 Å². The monoisotopic (exact) mass is 377 g/mol. The predicted octanol–water partition coefficient (Wildman–Crippen LogP) is 3.44. The number of likely N-dealkylation sites (N-methyl/N-ethyl adjacent to an activating group) is 1. The number of nitrogens with one attached hydrogen (secondary N) is 1. The van der Waals surface area contributed by atoms with E-state index < -0.39 is 0 Å². The van der Waals surface area contributed by atoms with E-state index in [1.807, 2.05) is 29.2 Å². The number of benzene rings is 1. The molecule has 1 heterocycles. The number of hydrogen-bond acceptors (Lipinski definition) is 4. The van der Waals surface area contributed by atoms with Gasteiger partial charge in [0, 0.05) is 39.5 Å². The fourth-order valence-electron chi connectivity index (χ4n) is 3.49. The molecule has 2 amide bonds. The minimum absolute atomic E-state index is 0.00670. The van der Waals surface area contributed by atoms with Gasteiger partial charge in [-0.3, -0.25) is 0 Å². The molecule has 0 saturated carbocycles. The quantitative estimate of drug-likeness (QED) is 0.679. The van der Waals surface area contributed by atoms with Gasteiger partial charge in [-0.1, -0.05) is 12.1 Å². The molecule has 0 unspecified atom stereocenters. The van der Waals surface area contributed by atoms with Crippen molar-refractivity contribution in [2.75, 3.05) is 59.4 Å². The number of anilines is 1. The number of nitrogens with zero attached hydrogens (tertiary/aromatic N) is 2. The van der Waals surface area contributed by atoms with Gasteiger partial charge in [0.2, 0.25) is 0 Å². The molecule has 1 aliphatic heterocycles. The van der Waals surface area contributed by atoms with Crippen LogP contribution in [0, 0.1) is 5.92 Å². The van der Waals surface area contributed by atoms with Gasteiger partial charge in [0.05, 0.1) is 13.2 Å². The highest BCUT2D eigenvalue weighted by atomic mass is 16.5. The highest BCUT2D eigenvalue weighted by Gasteiger charge is 2.22. The number of amides is 2. The molecule has 0 radical (unpaired) electrons. The van der Waals surface area contributed by atoms with Crippen molar-refractivity contribution in [3.63, 3.8) is 0 Å². The van der Waals surface area contributed by atoms with Crippen LogP contribution in [-0.4, -0.2) is 69.9 Å². The van der Waals surface area contributed by atoms with E-state index in [2.05, 4.69) is 17.3 Å². The standard InChI is InChI=1S/C21H35N3O3/c1-23(15-16-26-2)12-4-5-18-10-13-24(14-11-18)21(25)22-20-8-6-19(7-9-20)17-27-3/h6-9,18H,4-5,10-17H2,1-3H3,(H,22,25). The summed E-state index contributed by atoms with van der Waals surface area (Å²) in [5.41, 5.74) is 1.94. The van der Waals surface area contributed by atoms with E-state index in [9.17, 15) is 4.79 Å². The number of carbonyl (C=O) groups is 1. The lowest BCUT2D eigenvalue weighted by molar-refractivity contribution is 0.155. The fourth-order valence-corrected chi connectivity index (χ4v) is 3.49. The van der Waals surface area contributed by atoms with Gasteiger partial charge in [0.1, 0.15) is 0 Å². The molecule has 6 nitrogen and oxygen atoms in total. The summed E-state index contributed by atoms with van der Waals surface area (Å²) in [6.45, 7) is 5.17. The van der Waals surface area contributed by atoms with Crippen molar-refractivity contribution >= 4 is 11.7 Å². The topological polar surface area (TPSA) is 54.0 Å². The molecule has 0 spiro atoms. The molecule has 1 aliphatic rings. The van der Waals surface area contributed by atoms with Crippen LogP contribution in [0.3, 0.4) is 0 Å². The average molecular weight is 378 g/mol. The average Bonchev–Trinajstić information content (AvgIpc) is 2.68. The highest BCUT2D eigenvalue weighted by molar-refractivity contribution is 5.89. The summed E-state index contributed by atoms with van der Waals surface area (Å²) in [6.07, 6.45) is 4.66. The molecule has 0 aliphatic carbocycles. The Morgan fingerprint density at radius 2 is 1.85 bits per heavy atom. The van der Waals surface area contributed by atoms with Gasteiger partial charge in [0.15, 0.2) is 0 Å². The Hall–Kier alpha value is -1.63. The molecule has 0 atom stereocenters. The second kappa shape index (κ2) is 12.0. The third kappa shape index (κ3) is 7.87. The molecule has 1 aromatic carbocycles. The number of likely N-dealkylation sites (tertiary alicyclic amines) is 1. The number of piperidine rings is 1. The zero-order valence-electron chi connectivity index (χ0n) is 17.1. The van der Waals surface area contributed by atoms with Crippen LogP contribution in [0.4, 0.5) is 10.5 Å². The zero-order chi connectivity index (χ0) is 19.5. The summed E-state index contributed by atoms with van der Waals surface area (Å²) in [7, 11) is 5.57. The Bertz CT molecular complexity index is 542. The molecule has 152 valence electrons. The van der Waals surface area contributed by atoms with E-state index in [-0.39, 0.29) is 6.03 Å². The lowest BCUT2D eigenvalue weighted by Gasteiger charge is -2.32. The van der Waals surface area contributed by atoms with Crippen LogP contribution < -0.4 is 5.32 Å². The summed E-state index contributed by atoms with van der Waals surface area (Å²) in [5, 5.41) is 3.00. The van der Waals surface area contributed by atoms with Crippen LogP contribution in [0.2, 0.25) is 0 Å². The van der Waals surface area contributed by atoms with E-state index >= 15 is 0 Å². The number of rotatable bonds is 10. The molecule has 1 aromatic rings. The van der Waals surface area contributed by atoms with E-state index in [0.717, 1.165) is 62.8 Å². The van der Waals surface area contributed by atoms with Crippen molar-refractivity contribution in [2.45, 2.75) is 32.3 Å². The van der Waals surface area contributed by atoms with E-state index in [1.54, 1.807) is 14.2 Å². The van der Waals surface area contributed by atoms with Crippen LogP contribution in [0.5, 0.6) is 0 Å². The fraction of sp³-hybridized carbons (Fsp3) is 0.667. The van der Waals surface area contributed by atoms with Crippen molar-refractivity contribution in [2.24, 2.45) is 5.92 Å². The van der Waals surface area contributed by atoms with Gasteiger partial charge >= 0.3 is 6.03 Å². The molecule has 1 saturated heterocycles. The number of carbonyl (C=O) groups excluding carboxylic acids is 1. The molecular formula is C21H35N3O3. The number of ether oxygens (including phenoxy) is 2. The number of methoxy groups -OCH3 is 2. The molecule has 27 heavy (non-hydrogen) atoms. The minimum Gasteiger partial charge on any atom is -0.383 e. The normalized spacial score (nSPS) is 15.3. The first-order chi connectivity index (χ1) is 13.1. The Kier molecular flexibility index (Phi) is 9.59. The van der Waals surface area contributed by atoms with E-state index in [4.69, 9.17) is 9.47 Å². The predicted molar refractivity (Wildman–Crippen MR) is 109 cm³/mol. The molecule has 1 N–H and O–H groups in total. The maximum atomic E-state index is 12.5. The lowest BCUT2D eigenvalue weighted by Crippen LogP contribution is -2.41. The first-order valence-corrected chi connectivity index (χ1v) is 9.93. The van der Waals surface area contributed by atoms with Gasteiger partial charge in [-0.05, 0) is 62.9 Å². The van der Waals surface area contributed by atoms with E-state index in [1.165, 1.54) is 12.8 Å². The van der Waals surface area contributed by atoms with Gasteiger partial charge in [-0.25, -0.2) is 4.79 Å². The smallest absolute Gasteiger partial charge is 0.321 e. The third-order valence-corrected chi connectivity index (χ3v) is 5.25. The van der Waals surface area contributed by atoms with Crippen molar-refractivity contribution < 1.29 is 14.3 Å². The Labute approximate surface area is 163 Å². The van der Waals surface area contributed by atoms with Crippen LogP contribution >= 0.6 is 0 Å². The number of urea groups is 1. The molecule has 2 rings (SSSR count). The first-order valence-electron chi connectivity index (χ1n) is 9.93. The van der Waals surface area contributed by atoms with Crippen LogP contribution in [0.25, 0.3) is 0 Å². The summed E-state index contributed by atoms with van der Waals surface area (Å²) < 4.78 is 10.2.